The van der Waals surface area contributed by atoms with E-state index in [2.05, 4.69) is 4.98 Å². The van der Waals surface area contributed by atoms with Gasteiger partial charge in [0.2, 0.25) is 5.91 Å². The fourth-order valence-corrected chi connectivity index (χ4v) is 4.49. The third-order valence-electron chi connectivity index (χ3n) is 4.71. The molecule has 4 rings (SSSR count). The summed E-state index contributed by atoms with van der Waals surface area (Å²) in [6, 6.07) is 21.2. The number of benzene rings is 3. The van der Waals surface area contributed by atoms with Gasteiger partial charge in [-0.05, 0) is 35.9 Å². The molecular formula is C23H18ClN3O3S. The number of hydrogen-bond donors (Lipinski definition) is 1. The lowest BCUT2D eigenvalue weighted by atomic mass is 10.1. The highest BCUT2D eigenvalue weighted by molar-refractivity contribution is 8.00. The molecule has 0 bridgehead atoms. The van der Waals surface area contributed by atoms with Gasteiger partial charge in [-0.3, -0.25) is 14.2 Å². The Kier molecular flexibility index (Phi) is 5.97. The molecule has 0 radical (unpaired) electrons. The van der Waals surface area contributed by atoms with Gasteiger partial charge < -0.3 is 10.5 Å². The van der Waals surface area contributed by atoms with Crippen molar-refractivity contribution in [3.05, 3.63) is 93.7 Å². The average molecular weight is 452 g/mol. The molecule has 0 aliphatic rings. The molecule has 1 unspecified atom stereocenters. The van der Waals surface area contributed by atoms with Gasteiger partial charge in [-0.1, -0.05) is 65.8 Å². The third kappa shape index (κ3) is 4.15. The lowest BCUT2D eigenvalue weighted by molar-refractivity contribution is -0.117. The summed E-state index contributed by atoms with van der Waals surface area (Å²) in [5.74, 6) is -0.0416. The smallest absolute Gasteiger partial charge is 0.266 e. The summed E-state index contributed by atoms with van der Waals surface area (Å²) in [4.78, 5) is 30.5. The van der Waals surface area contributed by atoms with Crippen LogP contribution in [-0.2, 0) is 4.79 Å². The quantitative estimate of drug-likeness (QED) is 0.347. The van der Waals surface area contributed by atoms with Crippen LogP contribution in [-0.4, -0.2) is 22.6 Å². The molecule has 8 heteroatoms. The molecule has 4 aromatic rings. The number of aromatic nitrogens is 2. The van der Waals surface area contributed by atoms with Gasteiger partial charge in [-0.2, -0.15) is 0 Å². The lowest BCUT2D eigenvalue weighted by Crippen LogP contribution is -2.24. The number of amides is 1. The monoisotopic (exact) mass is 451 g/mol. The number of para-hydroxylation sites is 2. The Balaban J connectivity index is 1.98. The molecule has 0 aliphatic carbocycles. The van der Waals surface area contributed by atoms with Gasteiger partial charge in [0.1, 0.15) is 11.0 Å². The minimum atomic E-state index is -0.745. The van der Waals surface area contributed by atoms with E-state index in [1.807, 2.05) is 36.4 Å². The summed E-state index contributed by atoms with van der Waals surface area (Å²) in [5.41, 5.74) is 7.07. The van der Waals surface area contributed by atoms with Crippen molar-refractivity contribution in [1.29, 1.82) is 0 Å². The number of methoxy groups -OCH3 is 1. The number of carbonyl (C=O) groups is 1. The van der Waals surface area contributed by atoms with E-state index in [-0.39, 0.29) is 5.56 Å². The second kappa shape index (κ2) is 8.83. The van der Waals surface area contributed by atoms with Crippen LogP contribution in [0.5, 0.6) is 5.75 Å². The van der Waals surface area contributed by atoms with Crippen molar-refractivity contribution in [1.82, 2.24) is 9.55 Å². The lowest BCUT2D eigenvalue weighted by Gasteiger charge is -2.19. The fraction of sp³-hybridized carbons (Fsp3) is 0.0870. The highest BCUT2D eigenvalue weighted by atomic mass is 35.5. The first-order valence-electron chi connectivity index (χ1n) is 9.36. The Labute approximate surface area is 187 Å². The molecule has 1 atom stereocenters. The number of nitrogens with zero attached hydrogens (tertiary/aromatic N) is 2. The summed E-state index contributed by atoms with van der Waals surface area (Å²) in [5, 5.41) is 0.414. The SMILES string of the molecule is COc1ccccc1-n1c(SC(C(N)=O)c2ccccc2)nc2cc(Cl)ccc2c1=O. The maximum Gasteiger partial charge on any atom is 0.266 e. The number of rotatable bonds is 6. The minimum absolute atomic E-state index is 0.301. The predicted molar refractivity (Wildman–Crippen MR) is 123 cm³/mol. The van der Waals surface area contributed by atoms with E-state index in [1.54, 1.807) is 36.4 Å². The average Bonchev–Trinajstić information content (AvgIpc) is 2.77. The number of halogens is 1. The Morgan fingerprint density at radius 2 is 1.81 bits per heavy atom. The molecule has 1 amide bonds. The summed E-state index contributed by atoms with van der Waals surface area (Å²) in [6.07, 6.45) is 0. The predicted octanol–water partition coefficient (Wildman–Crippen LogP) is 4.37. The van der Waals surface area contributed by atoms with E-state index < -0.39 is 11.2 Å². The van der Waals surface area contributed by atoms with Crippen LogP contribution in [0.3, 0.4) is 0 Å². The van der Waals surface area contributed by atoms with Gasteiger partial charge in [0.25, 0.3) is 5.56 Å². The van der Waals surface area contributed by atoms with Gasteiger partial charge >= 0.3 is 0 Å². The van der Waals surface area contributed by atoms with E-state index in [0.29, 0.717) is 38.1 Å². The molecule has 1 aromatic heterocycles. The van der Waals surface area contributed by atoms with Gasteiger partial charge in [-0.25, -0.2) is 4.98 Å². The van der Waals surface area contributed by atoms with Crippen molar-refractivity contribution in [2.45, 2.75) is 10.4 Å². The molecule has 0 aliphatic heterocycles. The zero-order valence-corrected chi connectivity index (χ0v) is 18.1. The number of thioether (sulfide) groups is 1. The van der Waals surface area contributed by atoms with E-state index >= 15 is 0 Å². The topological polar surface area (TPSA) is 87.2 Å². The van der Waals surface area contributed by atoms with Crippen molar-refractivity contribution in [2.75, 3.05) is 7.11 Å². The second-order valence-corrected chi connectivity index (χ2v) is 8.19. The van der Waals surface area contributed by atoms with Gasteiger partial charge in [0, 0.05) is 5.02 Å². The zero-order chi connectivity index (χ0) is 22.0. The normalized spacial score (nSPS) is 11.9. The first-order chi connectivity index (χ1) is 15.0. The molecule has 31 heavy (non-hydrogen) atoms. The Bertz CT molecular complexity index is 1320. The number of primary amides is 1. The van der Waals surface area contributed by atoms with Crippen LogP contribution >= 0.6 is 23.4 Å². The molecular weight excluding hydrogens is 434 g/mol. The van der Waals surface area contributed by atoms with Crippen LogP contribution < -0.4 is 16.0 Å². The summed E-state index contributed by atoms with van der Waals surface area (Å²) < 4.78 is 6.91. The minimum Gasteiger partial charge on any atom is -0.495 e. The summed E-state index contributed by atoms with van der Waals surface area (Å²) in [7, 11) is 1.53. The largest absolute Gasteiger partial charge is 0.495 e. The number of hydrogen-bond acceptors (Lipinski definition) is 5. The van der Waals surface area contributed by atoms with Crippen molar-refractivity contribution >= 4 is 40.2 Å². The Hall–Kier alpha value is -3.29. The highest BCUT2D eigenvalue weighted by Crippen LogP contribution is 2.36. The second-order valence-electron chi connectivity index (χ2n) is 6.68. The van der Waals surface area contributed by atoms with Crippen LogP contribution in [0.15, 0.2) is 82.7 Å². The summed E-state index contributed by atoms with van der Waals surface area (Å²) in [6.45, 7) is 0. The van der Waals surface area contributed by atoms with Gasteiger partial charge in [-0.15, -0.1) is 0 Å². The number of nitrogens with two attached hydrogens (primary N) is 1. The molecule has 0 fully saturated rings. The van der Waals surface area contributed by atoms with E-state index in [4.69, 9.17) is 22.1 Å². The van der Waals surface area contributed by atoms with Crippen molar-refractivity contribution in [2.24, 2.45) is 5.73 Å². The van der Waals surface area contributed by atoms with Crippen molar-refractivity contribution < 1.29 is 9.53 Å². The van der Waals surface area contributed by atoms with E-state index in [1.165, 1.54) is 11.7 Å². The van der Waals surface area contributed by atoms with Crippen LogP contribution in [0.2, 0.25) is 5.02 Å². The summed E-state index contributed by atoms with van der Waals surface area (Å²) >= 11 is 7.23. The first kappa shape index (κ1) is 21.0. The molecule has 1 heterocycles. The molecule has 156 valence electrons. The third-order valence-corrected chi connectivity index (χ3v) is 6.17. The first-order valence-corrected chi connectivity index (χ1v) is 10.6. The fourth-order valence-electron chi connectivity index (χ4n) is 3.27. The van der Waals surface area contributed by atoms with E-state index in [9.17, 15) is 9.59 Å². The molecule has 0 spiro atoms. The molecule has 2 N–H and O–H groups in total. The Morgan fingerprint density at radius 3 is 2.52 bits per heavy atom. The zero-order valence-electron chi connectivity index (χ0n) is 16.5. The van der Waals surface area contributed by atoms with Crippen molar-refractivity contribution in [3.8, 4) is 11.4 Å². The highest BCUT2D eigenvalue weighted by Gasteiger charge is 2.24. The van der Waals surface area contributed by atoms with Gasteiger partial charge in [0.15, 0.2) is 5.16 Å². The maximum atomic E-state index is 13.5. The Morgan fingerprint density at radius 1 is 1.10 bits per heavy atom. The van der Waals surface area contributed by atoms with Gasteiger partial charge in [0.05, 0.1) is 23.7 Å². The van der Waals surface area contributed by atoms with Crippen LogP contribution in [0.1, 0.15) is 10.8 Å². The van der Waals surface area contributed by atoms with E-state index in [0.717, 1.165) is 11.8 Å². The van der Waals surface area contributed by atoms with Crippen LogP contribution in [0.4, 0.5) is 0 Å². The van der Waals surface area contributed by atoms with Crippen LogP contribution in [0.25, 0.3) is 16.6 Å². The van der Waals surface area contributed by atoms with Crippen LogP contribution in [0, 0.1) is 0 Å². The number of fused-ring (bicyclic) bond motifs is 1. The molecule has 0 saturated heterocycles. The molecule has 6 nitrogen and oxygen atoms in total. The molecule has 3 aromatic carbocycles. The molecule has 0 saturated carbocycles. The number of ether oxygens (including phenoxy) is 1. The maximum absolute atomic E-state index is 13.5. The number of carbonyl (C=O) groups excluding carboxylic acids is 1. The standard InChI is InChI=1S/C23H18ClN3O3S/c1-30-19-10-6-5-9-18(19)27-22(29)16-12-11-15(24)13-17(16)26-23(27)31-20(21(25)28)14-7-3-2-4-8-14/h2-13,20H,1H3,(H2,25,28). The van der Waals surface area contributed by atoms with Crippen molar-refractivity contribution in [3.63, 3.8) is 0 Å².